The van der Waals surface area contributed by atoms with Gasteiger partial charge < -0.3 is 14.9 Å². The summed E-state index contributed by atoms with van der Waals surface area (Å²) >= 11 is 0. The molecule has 216 valence electrons. The molecule has 0 bridgehead atoms. The van der Waals surface area contributed by atoms with Crippen molar-refractivity contribution < 1.29 is 19.7 Å². The molecule has 0 aromatic rings. The van der Waals surface area contributed by atoms with Crippen LogP contribution in [0.2, 0.25) is 0 Å². The van der Waals surface area contributed by atoms with E-state index in [4.69, 9.17) is 4.74 Å². The molecular weight excluding hydrogens is 460 g/mol. The van der Waals surface area contributed by atoms with Gasteiger partial charge in [0.1, 0.15) is 6.61 Å². The van der Waals surface area contributed by atoms with Crippen LogP contribution in [0.5, 0.6) is 0 Å². The van der Waals surface area contributed by atoms with E-state index < -0.39 is 12.2 Å². The van der Waals surface area contributed by atoms with E-state index in [0.29, 0.717) is 19.4 Å². The highest BCUT2D eigenvalue weighted by atomic mass is 16.5. The molecule has 4 heteroatoms. The summed E-state index contributed by atoms with van der Waals surface area (Å²) in [6, 6.07) is 0. The fourth-order valence-electron chi connectivity index (χ4n) is 5.72. The van der Waals surface area contributed by atoms with E-state index in [0.717, 1.165) is 37.7 Å². The maximum absolute atomic E-state index is 12.1. The molecule has 4 atom stereocenters. The number of fused-ring (bicyclic) bond motifs is 1. The van der Waals surface area contributed by atoms with Gasteiger partial charge in [-0.05, 0) is 74.7 Å². The molecule has 2 N–H and O–H groups in total. The third-order valence-corrected chi connectivity index (χ3v) is 8.07. The normalized spacial score (nSPS) is 25.2. The number of carbonyl (C=O) groups is 1. The molecule has 0 saturated heterocycles. The van der Waals surface area contributed by atoms with Gasteiger partial charge in [0.2, 0.25) is 0 Å². The first-order valence-electron chi connectivity index (χ1n) is 15.7. The van der Waals surface area contributed by atoms with Crippen molar-refractivity contribution in [3.05, 3.63) is 23.8 Å². The van der Waals surface area contributed by atoms with E-state index >= 15 is 0 Å². The number of rotatable bonds is 17. The highest BCUT2D eigenvalue weighted by Crippen LogP contribution is 2.50. The van der Waals surface area contributed by atoms with Gasteiger partial charge in [0.05, 0.1) is 12.2 Å². The fraction of sp³-hybridized carbons (Fsp3) is 0.848. The molecule has 0 spiro atoms. The van der Waals surface area contributed by atoms with E-state index in [1.165, 1.54) is 77.0 Å². The molecule has 37 heavy (non-hydrogen) atoms. The monoisotopic (exact) mass is 520 g/mol. The molecular formula is C33H60O4. The van der Waals surface area contributed by atoms with Gasteiger partial charge >= 0.3 is 5.97 Å². The number of aliphatic hydroxyl groups is 2. The molecule has 2 unspecified atom stereocenters. The molecule has 2 rings (SSSR count). The SMILES string of the molecule is CCC.CCCCCCCC/C=C\CCCCCCCC(=O)OCC1=CCC2(C)C[C@H](O)[C@H](O)C2CC1. The van der Waals surface area contributed by atoms with Crippen LogP contribution in [0.25, 0.3) is 0 Å². The van der Waals surface area contributed by atoms with E-state index in [2.05, 4.69) is 45.9 Å². The van der Waals surface area contributed by atoms with Crippen molar-refractivity contribution in [2.75, 3.05) is 6.61 Å². The molecule has 4 nitrogen and oxygen atoms in total. The number of hydrogen-bond acceptors (Lipinski definition) is 4. The minimum Gasteiger partial charge on any atom is -0.461 e. The zero-order valence-corrected chi connectivity index (χ0v) is 24.8. The minimum absolute atomic E-state index is 0.0474. The van der Waals surface area contributed by atoms with Crippen molar-refractivity contribution in [1.82, 2.24) is 0 Å². The van der Waals surface area contributed by atoms with Crippen LogP contribution in [0.3, 0.4) is 0 Å². The van der Waals surface area contributed by atoms with Crippen LogP contribution in [0.15, 0.2) is 23.8 Å². The second-order valence-electron chi connectivity index (χ2n) is 11.8. The Kier molecular flexibility index (Phi) is 19.0. The number of carbonyl (C=O) groups excluding carboxylic acids is 1. The van der Waals surface area contributed by atoms with E-state index in [9.17, 15) is 15.0 Å². The first kappa shape index (κ1) is 33.9. The quantitative estimate of drug-likeness (QED) is 0.114. The summed E-state index contributed by atoms with van der Waals surface area (Å²) in [6.45, 7) is 9.06. The Morgan fingerprint density at radius 1 is 0.946 bits per heavy atom. The highest BCUT2D eigenvalue weighted by Gasteiger charge is 2.49. The van der Waals surface area contributed by atoms with Crippen molar-refractivity contribution in [3.8, 4) is 0 Å². The molecule has 0 aliphatic heterocycles. The predicted molar refractivity (Wildman–Crippen MR) is 157 cm³/mol. The van der Waals surface area contributed by atoms with Crippen molar-refractivity contribution in [1.29, 1.82) is 0 Å². The molecule has 0 aromatic heterocycles. The number of hydrogen-bond donors (Lipinski definition) is 2. The lowest BCUT2D eigenvalue weighted by molar-refractivity contribution is -0.142. The van der Waals surface area contributed by atoms with Crippen molar-refractivity contribution in [2.24, 2.45) is 11.3 Å². The third kappa shape index (κ3) is 14.6. The summed E-state index contributed by atoms with van der Waals surface area (Å²) in [4.78, 5) is 12.1. The first-order chi connectivity index (χ1) is 17.9. The molecule has 2 aliphatic carbocycles. The van der Waals surface area contributed by atoms with Gasteiger partial charge in [-0.15, -0.1) is 0 Å². The Morgan fingerprint density at radius 3 is 2.14 bits per heavy atom. The Morgan fingerprint density at radius 2 is 1.51 bits per heavy atom. The zero-order chi connectivity index (χ0) is 27.4. The van der Waals surface area contributed by atoms with Crippen LogP contribution in [0.1, 0.15) is 150 Å². The van der Waals surface area contributed by atoms with Crippen LogP contribution >= 0.6 is 0 Å². The molecule has 0 heterocycles. The van der Waals surface area contributed by atoms with Crippen molar-refractivity contribution in [2.45, 2.75) is 162 Å². The van der Waals surface area contributed by atoms with Crippen molar-refractivity contribution >= 4 is 5.97 Å². The zero-order valence-electron chi connectivity index (χ0n) is 24.8. The van der Waals surface area contributed by atoms with Crippen LogP contribution < -0.4 is 0 Å². The maximum Gasteiger partial charge on any atom is 0.306 e. The van der Waals surface area contributed by atoms with Crippen LogP contribution in [-0.2, 0) is 9.53 Å². The fourth-order valence-corrected chi connectivity index (χ4v) is 5.72. The lowest BCUT2D eigenvalue weighted by Crippen LogP contribution is -2.29. The number of unbranched alkanes of at least 4 members (excludes halogenated alkanes) is 11. The van der Waals surface area contributed by atoms with Crippen LogP contribution in [0, 0.1) is 11.3 Å². The molecule has 0 radical (unpaired) electrons. The predicted octanol–water partition coefficient (Wildman–Crippen LogP) is 8.84. The summed E-state index contributed by atoms with van der Waals surface area (Å²) in [6.07, 6.45) is 26.9. The van der Waals surface area contributed by atoms with Gasteiger partial charge in [-0.2, -0.15) is 0 Å². The Bertz CT molecular complexity index is 640. The Labute approximate surface area is 229 Å². The minimum atomic E-state index is -0.624. The van der Waals surface area contributed by atoms with E-state index in [-0.39, 0.29) is 17.3 Å². The van der Waals surface area contributed by atoms with Gasteiger partial charge in [0.25, 0.3) is 0 Å². The average molecular weight is 521 g/mol. The highest BCUT2D eigenvalue weighted by molar-refractivity contribution is 5.69. The maximum atomic E-state index is 12.1. The van der Waals surface area contributed by atoms with E-state index in [1.807, 2.05) is 0 Å². The lowest BCUT2D eigenvalue weighted by atomic mass is 9.76. The van der Waals surface area contributed by atoms with Gasteiger partial charge in [-0.25, -0.2) is 0 Å². The molecule has 1 saturated carbocycles. The van der Waals surface area contributed by atoms with Crippen LogP contribution in [-0.4, -0.2) is 35.0 Å². The van der Waals surface area contributed by atoms with Gasteiger partial charge in [0, 0.05) is 6.42 Å². The summed E-state index contributed by atoms with van der Waals surface area (Å²) in [5.74, 6) is 0.0346. The first-order valence-corrected chi connectivity index (χ1v) is 15.7. The summed E-state index contributed by atoms with van der Waals surface area (Å²) in [5.41, 5.74) is 1.11. The topological polar surface area (TPSA) is 66.8 Å². The van der Waals surface area contributed by atoms with Gasteiger partial charge in [0.15, 0.2) is 0 Å². The largest absolute Gasteiger partial charge is 0.461 e. The second-order valence-corrected chi connectivity index (χ2v) is 11.8. The summed E-state index contributed by atoms with van der Waals surface area (Å²) in [5, 5.41) is 20.3. The number of ether oxygens (including phenoxy) is 1. The lowest BCUT2D eigenvalue weighted by Gasteiger charge is -2.29. The van der Waals surface area contributed by atoms with Gasteiger partial charge in [-0.3, -0.25) is 4.79 Å². The Hall–Kier alpha value is -1.13. The smallest absolute Gasteiger partial charge is 0.306 e. The number of esters is 1. The van der Waals surface area contributed by atoms with Crippen molar-refractivity contribution in [3.63, 3.8) is 0 Å². The number of allylic oxidation sites excluding steroid dienone is 3. The van der Waals surface area contributed by atoms with Crippen LogP contribution in [0.4, 0.5) is 0 Å². The number of aliphatic hydroxyl groups excluding tert-OH is 2. The second kappa shape index (κ2) is 20.8. The standard InChI is InChI=1S/C30H52O4.C3H8/c1-3-4-5-6-7-8-9-10-11-12-13-14-15-16-17-18-28(32)34-24-25-19-20-26-29(33)27(31)23-30(26,2)22-21-25;1-3-2/h10-11,21,26-27,29,31,33H,3-9,12-20,22-24H2,1-2H3;3H2,1-2H3/b11-10-;/t26?,27-,29+,30?;/m0./s1. The molecule has 0 aromatic carbocycles. The molecule has 2 aliphatic rings. The third-order valence-electron chi connectivity index (χ3n) is 8.07. The van der Waals surface area contributed by atoms with Gasteiger partial charge in [-0.1, -0.05) is 104 Å². The summed E-state index contributed by atoms with van der Waals surface area (Å²) < 4.78 is 5.53. The summed E-state index contributed by atoms with van der Waals surface area (Å²) in [7, 11) is 0. The molecule has 1 fully saturated rings. The average Bonchev–Trinajstić information content (AvgIpc) is 2.98. The Balaban J connectivity index is 0.00000217. The molecule has 0 amide bonds. The van der Waals surface area contributed by atoms with E-state index in [1.54, 1.807) is 0 Å².